The highest BCUT2D eigenvalue weighted by molar-refractivity contribution is 6.12. The zero-order valence-corrected chi connectivity index (χ0v) is 13.5. The van der Waals surface area contributed by atoms with Crippen LogP contribution in [0.15, 0.2) is 30.3 Å². The number of benzene rings is 1. The summed E-state index contributed by atoms with van der Waals surface area (Å²) in [5, 5.41) is 7.72. The maximum atomic E-state index is 12.3. The molecule has 3 N–H and O–H groups in total. The minimum Gasteiger partial charge on any atom is -0.461 e. The highest BCUT2D eigenvalue weighted by Gasteiger charge is 2.61. The van der Waals surface area contributed by atoms with Crippen LogP contribution in [0, 0.1) is 11.3 Å². The second kappa shape index (κ2) is 5.89. The van der Waals surface area contributed by atoms with Crippen LogP contribution in [0.2, 0.25) is 0 Å². The molecule has 1 unspecified atom stereocenters. The van der Waals surface area contributed by atoms with Gasteiger partial charge in [-0.1, -0.05) is 37.3 Å². The van der Waals surface area contributed by atoms with E-state index in [0.29, 0.717) is 6.54 Å². The Morgan fingerprint density at radius 1 is 1.52 bits per heavy atom. The molecule has 2 heterocycles. The van der Waals surface area contributed by atoms with Crippen LogP contribution in [0.4, 0.5) is 0 Å². The van der Waals surface area contributed by atoms with Gasteiger partial charge in [0.1, 0.15) is 20.1 Å². The van der Waals surface area contributed by atoms with Crippen LogP contribution in [0.5, 0.6) is 0 Å². The van der Waals surface area contributed by atoms with Crippen molar-refractivity contribution >= 4 is 19.8 Å². The van der Waals surface area contributed by atoms with Crippen LogP contribution in [0.3, 0.4) is 0 Å². The molecule has 0 aliphatic carbocycles. The molecule has 0 spiro atoms. The van der Waals surface area contributed by atoms with Crippen LogP contribution in [0.25, 0.3) is 0 Å². The summed E-state index contributed by atoms with van der Waals surface area (Å²) >= 11 is 0. The van der Waals surface area contributed by atoms with E-state index in [1.165, 1.54) is 0 Å². The van der Waals surface area contributed by atoms with E-state index in [4.69, 9.17) is 20.6 Å². The van der Waals surface area contributed by atoms with E-state index >= 15 is 0 Å². The molecule has 7 heteroatoms. The van der Waals surface area contributed by atoms with E-state index in [0.717, 1.165) is 5.56 Å². The van der Waals surface area contributed by atoms with E-state index in [2.05, 4.69) is 6.92 Å². The van der Waals surface area contributed by atoms with Crippen molar-refractivity contribution in [1.29, 1.82) is 5.41 Å². The van der Waals surface area contributed by atoms with Crippen LogP contribution < -0.4 is 5.73 Å². The second-order valence-electron chi connectivity index (χ2n) is 6.50. The lowest BCUT2D eigenvalue weighted by Crippen LogP contribution is -2.52. The summed E-state index contributed by atoms with van der Waals surface area (Å²) < 4.78 is 11.5. The van der Waals surface area contributed by atoms with Crippen molar-refractivity contribution in [2.75, 3.05) is 6.54 Å². The van der Waals surface area contributed by atoms with Crippen molar-refractivity contribution in [3.63, 3.8) is 0 Å². The number of nitrogens with two attached hydrogens (primary N) is 1. The highest BCUT2D eigenvalue weighted by atomic mass is 16.5. The average molecular weight is 315 g/mol. The third-order valence-corrected chi connectivity index (χ3v) is 5.04. The van der Waals surface area contributed by atoms with Crippen molar-refractivity contribution in [2.45, 2.75) is 37.6 Å². The molecule has 2 aliphatic rings. The number of esters is 1. The smallest absolute Gasteiger partial charge is 0.309 e. The van der Waals surface area contributed by atoms with E-state index < -0.39 is 5.60 Å². The lowest BCUT2D eigenvalue weighted by Gasteiger charge is -2.36. The summed E-state index contributed by atoms with van der Waals surface area (Å²) in [5.74, 6) is -0.110. The Balaban J connectivity index is 1.64. The lowest BCUT2D eigenvalue weighted by atomic mass is 9.83. The Bertz CT molecular complexity index is 612. The van der Waals surface area contributed by atoms with Gasteiger partial charge in [0.25, 0.3) is 0 Å². The average Bonchev–Trinajstić information content (AvgIpc) is 2.92. The molecule has 0 saturated carbocycles. The van der Waals surface area contributed by atoms with E-state index in [1.54, 1.807) is 0 Å². The molecule has 2 bridgehead atoms. The predicted molar refractivity (Wildman–Crippen MR) is 88.6 cm³/mol. The number of ether oxygens (including phenoxy) is 2. The summed E-state index contributed by atoms with van der Waals surface area (Å²) in [6.07, 6.45) is 0.186. The maximum absolute atomic E-state index is 12.3. The van der Waals surface area contributed by atoms with Gasteiger partial charge in [0.15, 0.2) is 5.96 Å². The molecule has 6 nitrogen and oxygen atoms in total. The maximum Gasteiger partial charge on any atom is 0.309 e. The number of carbonyl (C=O) groups excluding carboxylic acids is 1. The molecule has 0 radical (unpaired) electrons. The molecule has 4 atom stereocenters. The number of nitrogens with one attached hydrogen (secondary N) is 1. The number of nitrogens with zero attached hydrogens (tertiary/aromatic N) is 1. The molecule has 2 aliphatic heterocycles. The van der Waals surface area contributed by atoms with Gasteiger partial charge in [-0.15, -0.1) is 0 Å². The molecule has 0 amide bonds. The molecular formula is C16H22BN3O3. The van der Waals surface area contributed by atoms with E-state index in [9.17, 15) is 4.79 Å². The number of likely N-dealkylation sites (tertiary alicyclic amines) is 1. The zero-order chi connectivity index (χ0) is 16.6. The van der Waals surface area contributed by atoms with Gasteiger partial charge in [0.05, 0.1) is 19.0 Å². The van der Waals surface area contributed by atoms with Gasteiger partial charge < -0.3 is 20.1 Å². The Morgan fingerprint density at radius 2 is 2.22 bits per heavy atom. The first-order chi connectivity index (χ1) is 10.9. The number of rotatable bonds is 4. The zero-order valence-electron chi connectivity index (χ0n) is 13.5. The van der Waals surface area contributed by atoms with Crippen molar-refractivity contribution in [3.8, 4) is 0 Å². The molecule has 2 fully saturated rings. The van der Waals surface area contributed by atoms with Gasteiger partial charge in [-0.2, -0.15) is 0 Å². The van der Waals surface area contributed by atoms with Gasteiger partial charge in [-0.05, 0) is 5.56 Å². The van der Waals surface area contributed by atoms with Crippen molar-refractivity contribution in [1.82, 2.24) is 4.90 Å². The van der Waals surface area contributed by atoms with Crippen molar-refractivity contribution < 1.29 is 14.3 Å². The number of morpholine rings is 1. The fourth-order valence-electron chi connectivity index (χ4n) is 3.90. The number of carbonyl (C=O) groups is 1. The summed E-state index contributed by atoms with van der Waals surface area (Å²) in [4.78, 5) is 14.1. The first kappa shape index (κ1) is 15.9. The number of hydrogen-bond donors (Lipinski definition) is 2. The Hall–Kier alpha value is -2.02. The summed E-state index contributed by atoms with van der Waals surface area (Å²) in [7, 11) is 1.97. The number of hydrogen-bond acceptors (Lipinski definition) is 4. The third kappa shape index (κ3) is 2.81. The SMILES string of the molecule is B[C@@H]1O[C@@]2(CC(=O)OCc3ccccc3)CN(C(=N)N)[C@H]1C2C. The molecule has 23 heavy (non-hydrogen) atoms. The normalized spacial score (nSPS) is 32.0. The monoisotopic (exact) mass is 315 g/mol. The van der Waals surface area contributed by atoms with Crippen LogP contribution in [0.1, 0.15) is 18.9 Å². The minimum absolute atomic E-state index is 0.0385. The third-order valence-electron chi connectivity index (χ3n) is 5.04. The fraction of sp³-hybridized carbons (Fsp3) is 0.500. The van der Waals surface area contributed by atoms with Gasteiger partial charge in [0, 0.05) is 11.9 Å². The topological polar surface area (TPSA) is 88.6 Å². The first-order valence-electron chi connectivity index (χ1n) is 7.91. The quantitative estimate of drug-likeness (QED) is 0.355. The molecule has 3 rings (SSSR count). The van der Waals surface area contributed by atoms with Crippen LogP contribution >= 0.6 is 0 Å². The minimum atomic E-state index is -0.608. The fourth-order valence-corrected chi connectivity index (χ4v) is 3.90. The first-order valence-corrected chi connectivity index (χ1v) is 7.91. The van der Waals surface area contributed by atoms with Gasteiger partial charge in [-0.3, -0.25) is 10.2 Å². The summed E-state index contributed by atoms with van der Waals surface area (Å²) in [6, 6.07) is 9.60. The number of fused-ring (bicyclic) bond motifs is 2. The van der Waals surface area contributed by atoms with Crippen LogP contribution in [-0.2, 0) is 20.9 Å². The summed E-state index contributed by atoms with van der Waals surface area (Å²) in [6.45, 7) is 2.79. The lowest BCUT2D eigenvalue weighted by molar-refractivity contribution is -0.154. The molecule has 1 aromatic rings. The standard InChI is InChI=1S/C16H22BN3O3/c1-10-13-14(17)23-16(10,9-20(13)15(18)19)7-12(21)22-8-11-5-3-2-4-6-11/h2-6,10,13-14H,7-9,17H2,1H3,(H3,18,19)/t10?,13-,14+,16-/m0/s1. The Kier molecular flexibility index (Phi) is 4.06. The number of guanidine groups is 1. The van der Waals surface area contributed by atoms with Crippen LogP contribution in [-0.4, -0.2) is 48.9 Å². The molecular weight excluding hydrogens is 293 g/mol. The molecule has 122 valence electrons. The summed E-state index contributed by atoms with van der Waals surface area (Å²) in [5.41, 5.74) is 6.02. The largest absolute Gasteiger partial charge is 0.461 e. The Labute approximate surface area is 136 Å². The van der Waals surface area contributed by atoms with Gasteiger partial charge in [-0.25, -0.2) is 0 Å². The molecule has 2 saturated heterocycles. The highest BCUT2D eigenvalue weighted by Crippen LogP contribution is 2.47. The van der Waals surface area contributed by atoms with Crippen molar-refractivity contribution in [3.05, 3.63) is 35.9 Å². The van der Waals surface area contributed by atoms with E-state index in [1.807, 2.05) is 43.1 Å². The molecule has 0 aromatic heterocycles. The predicted octanol–water partition coefficient (Wildman–Crippen LogP) is 0.0619. The molecule has 1 aromatic carbocycles. The van der Waals surface area contributed by atoms with E-state index in [-0.39, 0.29) is 42.9 Å². The van der Waals surface area contributed by atoms with Gasteiger partial charge >= 0.3 is 5.97 Å². The Morgan fingerprint density at radius 3 is 2.83 bits per heavy atom. The van der Waals surface area contributed by atoms with Gasteiger partial charge in [0.2, 0.25) is 0 Å². The van der Waals surface area contributed by atoms with Crippen molar-refractivity contribution in [2.24, 2.45) is 11.7 Å². The second-order valence-corrected chi connectivity index (χ2v) is 6.50.